The number of aromatic nitrogens is 2. The van der Waals surface area contributed by atoms with Gasteiger partial charge in [0.1, 0.15) is 0 Å². The van der Waals surface area contributed by atoms with E-state index in [1.807, 2.05) is 11.7 Å². The first-order valence-electron chi connectivity index (χ1n) is 6.25. The van der Waals surface area contributed by atoms with Crippen LogP contribution in [0.3, 0.4) is 0 Å². The number of hydrogen-bond acceptors (Lipinski definition) is 3. The Hall–Kier alpha value is 0.0900. The fraction of sp³-hybridized carbons (Fsp3) is 0.750. The first-order valence-corrected chi connectivity index (χ1v) is 8.16. The molecule has 1 fully saturated rings. The smallest absolute Gasteiger partial charge is 0.0767 e. The summed E-state index contributed by atoms with van der Waals surface area (Å²) in [5.74, 6) is 0. The lowest BCUT2D eigenvalue weighted by atomic mass is 10.2. The maximum Gasteiger partial charge on any atom is 0.0767 e. The Balaban J connectivity index is 2.15. The number of alkyl halides is 1. The Kier molecular flexibility index (Phi) is 5.24. The second-order valence-corrected chi connectivity index (χ2v) is 5.98. The molecule has 2 rings (SSSR count). The van der Waals surface area contributed by atoms with Crippen molar-refractivity contribution in [3.63, 3.8) is 0 Å². The Labute approximate surface area is 125 Å². The van der Waals surface area contributed by atoms with Gasteiger partial charge in [-0.15, -0.1) is 0 Å². The van der Waals surface area contributed by atoms with Gasteiger partial charge in [0, 0.05) is 31.5 Å². The maximum absolute atomic E-state index is 5.52. The molecule has 2 heterocycles. The molecule has 1 atom stereocenters. The van der Waals surface area contributed by atoms with Crippen molar-refractivity contribution < 1.29 is 4.74 Å². The molecule has 0 amide bonds. The lowest BCUT2D eigenvalue weighted by molar-refractivity contribution is -0.00322. The SMILES string of the molecule is CCc1nn(C)c(CN2CCOCC2CBr)c1Br. The van der Waals surface area contributed by atoms with Gasteiger partial charge in [-0.25, -0.2) is 0 Å². The number of nitrogens with zero attached hydrogens (tertiary/aromatic N) is 3. The molecule has 1 aliphatic heterocycles. The van der Waals surface area contributed by atoms with Crippen LogP contribution in [-0.4, -0.2) is 45.8 Å². The van der Waals surface area contributed by atoms with Crippen molar-refractivity contribution in [3.8, 4) is 0 Å². The van der Waals surface area contributed by atoms with Gasteiger partial charge >= 0.3 is 0 Å². The van der Waals surface area contributed by atoms with Crippen molar-refractivity contribution in [1.29, 1.82) is 0 Å². The van der Waals surface area contributed by atoms with Crippen LogP contribution in [-0.2, 0) is 24.8 Å². The second-order valence-electron chi connectivity index (χ2n) is 4.54. The number of ether oxygens (including phenoxy) is 1. The molecule has 6 heteroatoms. The van der Waals surface area contributed by atoms with E-state index in [0.29, 0.717) is 6.04 Å². The molecule has 4 nitrogen and oxygen atoms in total. The molecular weight excluding hydrogens is 362 g/mol. The molecule has 18 heavy (non-hydrogen) atoms. The van der Waals surface area contributed by atoms with Crippen molar-refractivity contribution in [3.05, 3.63) is 15.9 Å². The van der Waals surface area contributed by atoms with E-state index in [1.165, 1.54) is 5.69 Å². The third-order valence-corrected chi connectivity index (χ3v) is 5.05. The average Bonchev–Trinajstić information content (AvgIpc) is 2.66. The summed E-state index contributed by atoms with van der Waals surface area (Å²) in [6.45, 7) is 5.66. The highest BCUT2D eigenvalue weighted by atomic mass is 79.9. The zero-order valence-corrected chi connectivity index (χ0v) is 14.0. The Morgan fingerprint density at radius 2 is 2.28 bits per heavy atom. The quantitative estimate of drug-likeness (QED) is 0.751. The highest BCUT2D eigenvalue weighted by Crippen LogP contribution is 2.24. The molecule has 1 aliphatic rings. The number of morpholine rings is 1. The van der Waals surface area contributed by atoms with E-state index in [4.69, 9.17) is 4.74 Å². The lowest BCUT2D eigenvalue weighted by Gasteiger charge is -2.34. The Morgan fingerprint density at radius 1 is 1.50 bits per heavy atom. The van der Waals surface area contributed by atoms with E-state index in [9.17, 15) is 0 Å². The number of rotatable bonds is 4. The summed E-state index contributed by atoms with van der Waals surface area (Å²) in [4.78, 5) is 2.46. The molecule has 0 spiro atoms. The molecule has 0 aromatic carbocycles. The van der Waals surface area contributed by atoms with E-state index < -0.39 is 0 Å². The molecule has 0 N–H and O–H groups in total. The van der Waals surface area contributed by atoms with Crippen molar-refractivity contribution in [1.82, 2.24) is 14.7 Å². The predicted molar refractivity (Wildman–Crippen MR) is 79.1 cm³/mol. The summed E-state index contributed by atoms with van der Waals surface area (Å²) < 4.78 is 8.67. The van der Waals surface area contributed by atoms with Crippen LogP contribution in [0.15, 0.2) is 4.47 Å². The standard InChI is InChI=1S/C12H19Br2N3O/c1-3-10-12(14)11(16(2)15-10)7-17-4-5-18-8-9(17)6-13/h9H,3-8H2,1-2H3. The first-order chi connectivity index (χ1) is 8.67. The van der Waals surface area contributed by atoms with E-state index in [2.05, 4.69) is 48.8 Å². The Morgan fingerprint density at radius 3 is 2.89 bits per heavy atom. The van der Waals surface area contributed by atoms with Crippen molar-refractivity contribution in [2.45, 2.75) is 25.9 Å². The zero-order valence-electron chi connectivity index (χ0n) is 10.8. The van der Waals surface area contributed by atoms with E-state index in [-0.39, 0.29) is 0 Å². The van der Waals surface area contributed by atoms with Crippen molar-refractivity contribution in [2.75, 3.05) is 25.1 Å². The minimum absolute atomic E-state index is 0.450. The molecule has 1 unspecified atom stereocenters. The molecule has 0 aliphatic carbocycles. The van der Waals surface area contributed by atoms with Crippen LogP contribution >= 0.6 is 31.9 Å². The number of hydrogen-bond donors (Lipinski definition) is 0. The molecule has 1 aromatic heterocycles. The van der Waals surface area contributed by atoms with Gasteiger partial charge < -0.3 is 4.74 Å². The fourth-order valence-electron chi connectivity index (χ4n) is 2.22. The van der Waals surface area contributed by atoms with E-state index in [1.54, 1.807) is 0 Å². The van der Waals surface area contributed by atoms with E-state index >= 15 is 0 Å². The third-order valence-electron chi connectivity index (χ3n) is 3.38. The third kappa shape index (κ3) is 2.98. The van der Waals surface area contributed by atoms with Crippen LogP contribution in [0.5, 0.6) is 0 Å². The minimum Gasteiger partial charge on any atom is -0.378 e. The highest BCUT2D eigenvalue weighted by Gasteiger charge is 2.24. The van der Waals surface area contributed by atoms with Crippen LogP contribution in [0.25, 0.3) is 0 Å². The predicted octanol–water partition coefficient (Wildman–Crippen LogP) is 2.34. The van der Waals surface area contributed by atoms with Gasteiger partial charge in [0.25, 0.3) is 0 Å². The van der Waals surface area contributed by atoms with Gasteiger partial charge in [-0.1, -0.05) is 22.9 Å². The van der Waals surface area contributed by atoms with Gasteiger partial charge in [-0.05, 0) is 22.4 Å². The van der Waals surface area contributed by atoms with Crippen molar-refractivity contribution >= 4 is 31.9 Å². The monoisotopic (exact) mass is 379 g/mol. The maximum atomic E-state index is 5.52. The Bertz CT molecular complexity index is 408. The topological polar surface area (TPSA) is 30.3 Å². The number of halogens is 2. The van der Waals surface area contributed by atoms with Crippen LogP contribution in [0.4, 0.5) is 0 Å². The summed E-state index contributed by atoms with van der Waals surface area (Å²) in [5, 5.41) is 5.49. The van der Waals surface area contributed by atoms with Gasteiger partial charge in [0.15, 0.2) is 0 Å². The van der Waals surface area contributed by atoms with Gasteiger partial charge in [-0.2, -0.15) is 5.10 Å². The molecule has 0 radical (unpaired) electrons. The molecule has 1 saturated heterocycles. The summed E-state index contributed by atoms with van der Waals surface area (Å²) in [6.07, 6.45) is 0.958. The fourth-order valence-corrected chi connectivity index (χ4v) is 3.56. The molecule has 0 saturated carbocycles. The van der Waals surface area contributed by atoms with E-state index in [0.717, 1.165) is 48.2 Å². The molecule has 1 aromatic rings. The summed E-state index contributed by atoms with van der Waals surface area (Å²) in [7, 11) is 2.02. The summed E-state index contributed by atoms with van der Waals surface area (Å²) in [6, 6.07) is 0.450. The van der Waals surface area contributed by atoms with Crippen LogP contribution < -0.4 is 0 Å². The first kappa shape index (κ1) is 14.5. The summed E-state index contributed by atoms with van der Waals surface area (Å²) >= 11 is 7.24. The summed E-state index contributed by atoms with van der Waals surface area (Å²) in [5.41, 5.74) is 2.39. The molecule has 0 bridgehead atoms. The molecule has 102 valence electrons. The van der Waals surface area contributed by atoms with Gasteiger partial charge in [-0.3, -0.25) is 9.58 Å². The van der Waals surface area contributed by atoms with Crippen LogP contribution in [0, 0.1) is 0 Å². The zero-order chi connectivity index (χ0) is 13.1. The average molecular weight is 381 g/mol. The molecular formula is C12H19Br2N3O. The van der Waals surface area contributed by atoms with Gasteiger partial charge in [0.05, 0.1) is 29.1 Å². The lowest BCUT2D eigenvalue weighted by Crippen LogP contribution is -2.46. The number of aryl methyl sites for hydroxylation is 2. The highest BCUT2D eigenvalue weighted by molar-refractivity contribution is 9.10. The van der Waals surface area contributed by atoms with Crippen LogP contribution in [0.1, 0.15) is 18.3 Å². The van der Waals surface area contributed by atoms with Crippen molar-refractivity contribution in [2.24, 2.45) is 7.05 Å². The van der Waals surface area contributed by atoms with Crippen LogP contribution in [0.2, 0.25) is 0 Å². The second kappa shape index (κ2) is 6.50. The normalized spacial score (nSPS) is 21.4. The minimum atomic E-state index is 0.450. The van der Waals surface area contributed by atoms with Gasteiger partial charge in [0.2, 0.25) is 0 Å². The largest absolute Gasteiger partial charge is 0.378 e.